The molecule has 2 aliphatic carbocycles. The van der Waals surface area contributed by atoms with Gasteiger partial charge in [0.1, 0.15) is 12.4 Å². The number of nitrogens with two attached hydrogens (primary N) is 1. The van der Waals surface area contributed by atoms with Gasteiger partial charge in [0.2, 0.25) is 5.91 Å². The van der Waals surface area contributed by atoms with Gasteiger partial charge in [0.05, 0.1) is 0 Å². The third kappa shape index (κ3) is 4.11. The van der Waals surface area contributed by atoms with Crippen LogP contribution >= 0.6 is 0 Å². The molecule has 4 heteroatoms. The molecule has 0 unspecified atom stereocenters. The molecular formula is C26H34N2O2. The average molecular weight is 407 g/mol. The standard InChI is InChI=1S/C26H34N2O2/c1-18-23(25(27)29)16-22(30-14-13-28(2)3)17-24(18)26(11-12-26)21-10-6-9-20(15-21)19-7-4-5-8-19/h6,9-10,15-17,19H,4-5,7-8,11-14H2,1-3H3,(H2,27,29). The molecule has 1 amide bonds. The molecule has 160 valence electrons. The summed E-state index contributed by atoms with van der Waals surface area (Å²) in [5.41, 5.74) is 11.3. The second kappa shape index (κ2) is 8.43. The summed E-state index contributed by atoms with van der Waals surface area (Å²) in [4.78, 5) is 14.3. The molecule has 30 heavy (non-hydrogen) atoms. The predicted molar refractivity (Wildman–Crippen MR) is 121 cm³/mol. The van der Waals surface area contributed by atoms with Gasteiger partial charge in [0, 0.05) is 17.5 Å². The number of benzene rings is 2. The Balaban J connectivity index is 1.70. The van der Waals surface area contributed by atoms with Crippen molar-refractivity contribution in [1.29, 1.82) is 0 Å². The summed E-state index contributed by atoms with van der Waals surface area (Å²) >= 11 is 0. The van der Waals surface area contributed by atoms with Gasteiger partial charge in [-0.3, -0.25) is 4.79 Å². The highest BCUT2D eigenvalue weighted by molar-refractivity contribution is 5.95. The maximum Gasteiger partial charge on any atom is 0.249 e. The largest absolute Gasteiger partial charge is 0.492 e. The van der Waals surface area contributed by atoms with Crippen LogP contribution in [0.15, 0.2) is 36.4 Å². The lowest BCUT2D eigenvalue weighted by molar-refractivity contribution is 0.0999. The summed E-state index contributed by atoms with van der Waals surface area (Å²) in [5.74, 6) is 1.05. The van der Waals surface area contributed by atoms with Crippen molar-refractivity contribution < 1.29 is 9.53 Å². The minimum atomic E-state index is -0.387. The van der Waals surface area contributed by atoms with Crippen LogP contribution in [0.1, 0.15) is 77.1 Å². The summed E-state index contributed by atoms with van der Waals surface area (Å²) in [6, 6.07) is 13.1. The van der Waals surface area contributed by atoms with Crippen molar-refractivity contribution >= 4 is 5.91 Å². The SMILES string of the molecule is Cc1c(C(N)=O)cc(OCCN(C)C)cc1C1(c2cccc(C3CCCC3)c2)CC1. The van der Waals surface area contributed by atoms with Crippen LogP contribution in [0.5, 0.6) is 5.75 Å². The van der Waals surface area contributed by atoms with Crippen molar-refractivity contribution in [3.05, 3.63) is 64.2 Å². The molecule has 0 saturated heterocycles. The topological polar surface area (TPSA) is 55.6 Å². The Bertz CT molecular complexity index is 925. The molecule has 2 aliphatic rings. The molecule has 0 aromatic heterocycles. The highest BCUT2D eigenvalue weighted by Gasteiger charge is 2.47. The number of ether oxygens (including phenoxy) is 1. The molecule has 0 heterocycles. The van der Waals surface area contributed by atoms with E-state index in [1.165, 1.54) is 42.4 Å². The summed E-state index contributed by atoms with van der Waals surface area (Å²) in [6.07, 6.45) is 7.48. The molecule has 0 atom stereocenters. The molecule has 0 aliphatic heterocycles. The van der Waals surface area contributed by atoms with Gasteiger partial charge in [-0.2, -0.15) is 0 Å². The van der Waals surface area contributed by atoms with Crippen LogP contribution in [0.25, 0.3) is 0 Å². The highest BCUT2D eigenvalue weighted by atomic mass is 16.5. The van der Waals surface area contributed by atoms with Gasteiger partial charge in [-0.1, -0.05) is 37.1 Å². The zero-order chi connectivity index (χ0) is 21.3. The number of amides is 1. The van der Waals surface area contributed by atoms with Crippen molar-refractivity contribution in [3.8, 4) is 5.75 Å². The van der Waals surface area contributed by atoms with Crippen molar-refractivity contribution in [2.75, 3.05) is 27.2 Å². The second-order valence-corrected chi connectivity index (χ2v) is 9.35. The van der Waals surface area contributed by atoms with Crippen LogP contribution in [-0.4, -0.2) is 38.1 Å². The predicted octanol–water partition coefficient (Wildman–Crippen LogP) is 4.77. The van der Waals surface area contributed by atoms with E-state index in [9.17, 15) is 4.79 Å². The van der Waals surface area contributed by atoms with Crippen LogP contribution in [0.3, 0.4) is 0 Å². The fraction of sp³-hybridized carbons (Fsp3) is 0.500. The maximum atomic E-state index is 12.2. The van der Waals surface area contributed by atoms with Gasteiger partial charge >= 0.3 is 0 Å². The van der Waals surface area contributed by atoms with Crippen LogP contribution in [0.4, 0.5) is 0 Å². The van der Waals surface area contributed by atoms with Gasteiger partial charge in [-0.05, 0) is 87.0 Å². The number of hydrogen-bond donors (Lipinski definition) is 1. The number of carbonyl (C=O) groups is 1. The fourth-order valence-corrected chi connectivity index (χ4v) is 5.06. The quantitative estimate of drug-likeness (QED) is 0.687. The van der Waals surface area contributed by atoms with E-state index in [2.05, 4.69) is 35.2 Å². The Labute approximate surface area is 180 Å². The second-order valence-electron chi connectivity index (χ2n) is 9.35. The van der Waals surface area contributed by atoms with Crippen molar-refractivity contribution in [1.82, 2.24) is 4.90 Å². The first-order chi connectivity index (χ1) is 14.4. The molecule has 0 bridgehead atoms. The molecule has 2 fully saturated rings. The van der Waals surface area contributed by atoms with E-state index < -0.39 is 0 Å². The molecule has 4 rings (SSSR count). The van der Waals surface area contributed by atoms with Gasteiger partial charge in [0.15, 0.2) is 0 Å². The Hall–Kier alpha value is -2.33. The third-order valence-electron chi connectivity index (χ3n) is 6.99. The zero-order valence-corrected chi connectivity index (χ0v) is 18.5. The normalized spacial score (nSPS) is 18.0. The van der Waals surface area contributed by atoms with Crippen LogP contribution < -0.4 is 10.5 Å². The van der Waals surface area contributed by atoms with Crippen LogP contribution in [0.2, 0.25) is 0 Å². The number of nitrogens with zero attached hydrogens (tertiary/aromatic N) is 1. The van der Waals surface area contributed by atoms with Gasteiger partial charge in [-0.15, -0.1) is 0 Å². The molecule has 4 nitrogen and oxygen atoms in total. The molecular weight excluding hydrogens is 372 g/mol. The zero-order valence-electron chi connectivity index (χ0n) is 18.5. The number of rotatable bonds is 8. The number of hydrogen-bond acceptors (Lipinski definition) is 3. The fourth-order valence-electron chi connectivity index (χ4n) is 5.06. The third-order valence-corrected chi connectivity index (χ3v) is 6.99. The summed E-state index contributed by atoms with van der Waals surface area (Å²) in [7, 11) is 4.05. The smallest absolute Gasteiger partial charge is 0.249 e. The van der Waals surface area contributed by atoms with E-state index in [0.29, 0.717) is 18.1 Å². The highest BCUT2D eigenvalue weighted by Crippen LogP contribution is 2.56. The van der Waals surface area contributed by atoms with Crippen molar-refractivity contribution in [2.45, 2.75) is 56.8 Å². The summed E-state index contributed by atoms with van der Waals surface area (Å²) in [6.45, 7) is 3.43. The van der Waals surface area contributed by atoms with Crippen LogP contribution in [-0.2, 0) is 5.41 Å². The first kappa shape index (κ1) is 20.9. The lowest BCUT2D eigenvalue weighted by Gasteiger charge is -2.23. The molecule has 2 aromatic carbocycles. The van der Waals surface area contributed by atoms with E-state index in [4.69, 9.17) is 10.5 Å². The monoisotopic (exact) mass is 406 g/mol. The first-order valence-corrected chi connectivity index (χ1v) is 11.2. The van der Waals surface area contributed by atoms with E-state index in [-0.39, 0.29) is 11.3 Å². The summed E-state index contributed by atoms with van der Waals surface area (Å²) in [5, 5.41) is 0. The lowest BCUT2D eigenvalue weighted by atomic mass is 9.82. The number of likely N-dealkylation sites (N-methyl/N-ethyl adjacent to an activating group) is 1. The molecule has 0 spiro atoms. The van der Waals surface area contributed by atoms with Crippen LogP contribution in [0, 0.1) is 6.92 Å². The minimum absolute atomic E-state index is 0.0240. The lowest BCUT2D eigenvalue weighted by Crippen LogP contribution is -2.21. The Morgan fingerprint density at radius 1 is 1.17 bits per heavy atom. The molecule has 0 radical (unpaired) electrons. The van der Waals surface area contributed by atoms with E-state index in [0.717, 1.165) is 30.7 Å². The molecule has 2 saturated carbocycles. The van der Waals surface area contributed by atoms with Gasteiger partial charge in [-0.25, -0.2) is 0 Å². The van der Waals surface area contributed by atoms with Gasteiger partial charge < -0.3 is 15.4 Å². The molecule has 2 aromatic rings. The van der Waals surface area contributed by atoms with Crippen molar-refractivity contribution in [3.63, 3.8) is 0 Å². The van der Waals surface area contributed by atoms with E-state index in [1.807, 2.05) is 27.1 Å². The minimum Gasteiger partial charge on any atom is -0.492 e. The average Bonchev–Trinajstić information content (AvgIpc) is 3.34. The van der Waals surface area contributed by atoms with E-state index >= 15 is 0 Å². The summed E-state index contributed by atoms with van der Waals surface area (Å²) < 4.78 is 6.02. The molecule has 2 N–H and O–H groups in total. The number of carbonyl (C=O) groups excluding carboxylic acids is 1. The number of primary amides is 1. The Kier molecular flexibility index (Phi) is 5.88. The Morgan fingerprint density at radius 3 is 2.53 bits per heavy atom. The van der Waals surface area contributed by atoms with Crippen molar-refractivity contribution in [2.24, 2.45) is 5.73 Å². The maximum absolute atomic E-state index is 12.2. The van der Waals surface area contributed by atoms with E-state index in [1.54, 1.807) is 0 Å². The van der Waals surface area contributed by atoms with Gasteiger partial charge in [0.25, 0.3) is 0 Å². The first-order valence-electron chi connectivity index (χ1n) is 11.2. The Morgan fingerprint density at radius 2 is 1.90 bits per heavy atom.